The molecule has 2 rings (SSSR count). The summed E-state index contributed by atoms with van der Waals surface area (Å²) in [5, 5.41) is 9.47. The summed E-state index contributed by atoms with van der Waals surface area (Å²) in [6.45, 7) is 2.57. The second-order valence-electron chi connectivity index (χ2n) is 4.71. The number of imidazole rings is 1. The highest BCUT2D eigenvalue weighted by molar-refractivity contribution is 7.99. The van der Waals surface area contributed by atoms with Gasteiger partial charge in [0.25, 0.3) is 0 Å². The topological polar surface area (TPSA) is 85.1 Å². The van der Waals surface area contributed by atoms with Gasteiger partial charge >= 0.3 is 5.97 Å². The van der Waals surface area contributed by atoms with Gasteiger partial charge in [-0.2, -0.15) is 0 Å². The molecular weight excluding hydrogens is 310 g/mol. The average molecular weight is 327 g/mol. The zero-order valence-electron chi connectivity index (χ0n) is 11.9. The summed E-state index contributed by atoms with van der Waals surface area (Å²) in [4.78, 5) is 19.6. The summed E-state index contributed by atoms with van der Waals surface area (Å²) < 4.78 is 13.1. The molecule has 8 heteroatoms. The molecule has 21 heavy (non-hydrogen) atoms. The smallest absolute Gasteiger partial charge is 0.313 e. The lowest BCUT2D eigenvalue weighted by Crippen LogP contribution is -2.06. The van der Waals surface area contributed by atoms with Gasteiger partial charge in [-0.1, -0.05) is 11.8 Å². The first kappa shape index (κ1) is 16.0. The molecule has 1 unspecified atom stereocenters. The molecule has 0 aromatic carbocycles. The summed E-state index contributed by atoms with van der Waals surface area (Å²) in [6.07, 6.45) is 4.18. The van der Waals surface area contributed by atoms with Crippen LogP contribution in [-0.2, 0) is 22.1 Å². The van der Waals surface area contributed by atoms with E-state index in [1.54, 1.807) is 12.5 Å². The Morgan fingerprint density at radius 2 is 2.29 bits per heavy atom. The van der Waals surface area contributed by atoms with Crippen LogP contribution in [0.25, 0.3) is 11.2 Å². The number of thioether (sulfide) groups is 1. The Labute approximate surface area is 129 Å². The molecule has 0 saturated heterocycles. The van der Waals surface area contributed by atoms with Gasteiger partial charge in [0.1, 0.15) is 5.52 Å². The van der Waals surface area contributed by atoms with E-state index in [0.29, 0.717) is 17.5 Å². The van der Waals surface area contributed by atoms with E-state index in [1.807, 2.05) is 17.6 Å². The van der Waals surface area contributed by atoms with E-state index < -0.39 is 16.8 Å². The fourth-order valence-electron chi connectivity index (χ4n) is 1.95. The lowest BCUT2D eigenvalue weighted by atomic mass is 10.3. The maximum atomic E-state index is 11.2. The maximum absolute atomic E-state index is 11.2. The fourth-order valence-corrected chi connectivity index (χ4v) is 3.24. The molecule has 0 fully saturated rings. The second kappa shape index (κ2) is 7.04. The predicted octanol–water partition coefficient (Wildman–Crippen LogP) is 1.69. The van der Waals surface area contributed by atoms with Gasteiger partial charge in [-0.15, -0.1) is 0 Å². The van der Waals surface area contributed by atoms with Crippen LogP contribution in [0.4, 0.5) is 0 Å². The van der Waals surface area contributed by atoms with Crippen molar-refractivity contribution >= 4 is 39.7 Å². The van der Waals surface area contributed by atoms with Crippen LogP contribution in [0.15, 0.2) is 17.4 Å². The second-order valence-corrected chi connectivity index (χ2v) is 7.21. The van der Waals surface area contributed by atoms with Crippen molar-refractivity contribution in [1.82, 2.24) is 14.5 Å². The number of nitrogens with zero attached hydrogens (tertiary/aromatic N) is 3. The number of pyridine rings is 1. The first-order chi connectivity index (χ1) is 9.97. The Bertz CT molecular complexity index is 685. The van der Waals surface area contributed by atoms with Gasteiger partial charge < -0.3 is 9.67 Å². The molecule has 0 saturated carbocycles. The number of carboxylic acids is 1. The van der Waals surface area contributed by atoms with Crippen molar-refractivity contribution in [3.63, 3.8) is 0 Å². The van der Waals surface area contributed by atoms with Crippen molar-refractivity contribution in [1.29, 1.82) is 0 Å². The monoisotopic (exact) mass is 327 g/mol. The Balaban J connectivity index is 2.29. The fraction of sp³-hybridized carbons (Fsp3) is 0.462. The van der Waals surface area contributed by atoms with Crippen LogP contribution in [0, 0.1) is 6.92 Å². The standard InChI is InChI=1S/C13H17N3O3S2/c1-9-6-10-12(14-7-9)16(4-3-5-21(2)19)13(15-10)20-8-11(17)18/h6-7H,3-5,8H2,1-2H3,(H,17,18). The van der Waals surface area contributed by atoms with Crippen molar-refractivity contribution in [2.45, 2.75) is 25.0 Å². The SMILES string of the molecule is Cc1cnc2c(c1)nc(SCC(=O)O)n2CCCS(C)=O. The minimum Gasteiger partial charge on any atom is -0.481 e. The number of aliphatic carboxylic acids is 1. The number of aryl methyl sites for hydroxylation is 2. The Kier molecular flexibility index (Phi) is 5.35. The van der Waals surface area contributed by atoms with Crippen molar-refractivity contribution in [3.05, 3.63) is 17.8 Å². The van der Waals surface area contributed by atoms with Gasteiger partial charge in [-0.3, -0.25) is 9.00 Å². The predicted molar refractivity (Wildman–Crippen MR) is 84.2 cm³/mol. The Morgan fingerprint density at radius 1 is 1.52 bits per heavy atom. The molecule has 6 nitrogen and oxygen atoms in total. The van der Waals surface area contributed by atoms with Crippen molar-refractivity contribution in [3.8, 4) is 0 Å². The summed E-state index contributed by atoms with van der Waals surface area (Å²) in [7, 11) is -0.837. The van der Waals surface area contributed by atoms with E-state index in [2.05, 4.69) is 9.97 Å². The van der Waals surface area contributed by atoms with Crippen LogP contribution >= 0.6 is 11.8 Å². The van der Waals surface area contributed by atoms with E-state index in [4.69, 9.17) is 5.11 Å². The highest BCUT2D eigenvalue weighted by Crippen LogP contribution is 2.23. The number of carbonyl (C=O) groups is 1. The normalized spacial score (nSPS) is 12.7. The molecule has 0 radical (unpaired) electrons. The third-order valence-electron chi connectivity index (χ3n) is 2.82. The first-order valence-electron chi connectivity index (χ1n) is 6.45. The number of aromatic nitrogens is 3. The van der Waals surface area contributed by atoms with Crippen LogP contribution in [0.2, 0.25) is 0 Å². The van der Waals surface area contributed by atoms with Crippen LogP contribution in [-0.4, -0.2) is 47.6 Å². The lowest BCUT2D eigenvalue weighted by molar-refractivity contribution is -0.133. The van der Waals surface area contributed by atoms with Crippen LogP contribution < -0.4 is 0 Å². The molecule has 0 amide bonds. The van der Waals surface area contributed by atoms with Gasteiger partial charge in [0.2, 0.25) is 0 Å². The molecule has 1 atom stereocenters. The lowest BCUT2D eigenvalue weighted by Gasteiger charge is -2.07. The van der Waals surface area contributed by atoms with Gasteiger partial charge in [-0.25, -0.2) is 9.97 Å². The summed E-state index contributed by atoms with van der Waals surface area (Å²) in [5.41, 5.74) is 2.52. The minimum atomic E-state index is -0.877. The zero-order chi connectivity index (χ0) is 15.4. The highest BCUT2D eigenvalue weighted by atomic mass is 32.2. The summed E-state index contributed by atoms with van der Waals surface area (Å²) in [6, 6.07) is 1.93. The van der Waals surface area contributed by atoms with E-state index in [1.165, 1.54) is 11.8 Å². The number of rotatable bonds is 7. The molecule has 0 aliphatic heterocycles. The highest BCUT2D eigenvalue weighted by Gasteiger charge is 2.14. The molecule has 1 N–H and O–H groups in total. The van der Waals surface area contributed by atoms with Gasteiger partial charge in [-0.05, 0) is 25.0 Å². The molecule has 114 valence electrons. The van der Waals surface area contributed by atoms with Crippen molar-refractivity contribution in [2.24, 2.45) is 0 Å². The molecule has 2 aromatic rings. The molecule has 2 aromatic heterocycles. The van der Waals surface area contributed by atoms with E-state index in [0.717, 1.165) is 23.1 Å². The molecular formula is C13H17N3O3S2. The molecule has 0 spiro atoms. The maximum Gasteiger partial charge on any atom is 0.313 e. The van der Waals surface area contributed by atoms with Gasteiger partial charge in [0, 0.05) is 35.5 Å². The molecule has 0 aliphatic rings. The van der Waals surface area contributed by atoms with Crippen LogP contribution in [0.5, 0.6) is 0 Å². The van der Waals surface area contributed by atoms with Crippen molar-refractivity contribution in [2.75, 3.05) is 17.8 Å². The van der Waals surface area contributed by atoms with Crippen molar-refractivity contribution < 1.29 is 14.1 Å². The number of carboxylic acid groups (broad SMARTS) is 1. The Morgan fingerprint density at radius 3 is 2.95 bits per heavy atom. The number of fused-ring (bicyclic) bond motifs is 1. The van der Waals surface area contributed by atoms with Crippen LogP contribution in [0.3, 0.4) is 0 Å². The third-order valence-corrected chi connectivity index (χ3v) is 4.65. The average Bonchev–Trinajstić information content (AvgIpc) is 2.73. The van der Waals surface area contributed by atoms with Gasteiger partial charge in [0.15, 0.2) is 10.8 Å². The number of hydrogen-bond acceptors (Lipinski definition) is 5. The minimum absolute atomic E-state index is 0.0397. The Hall–Kier alpha value is -1.41. The van der Waals surface area contributed by atoms with Gasteiger partial charge in [0.05, 0.1) is 5.75 Å². The quantitative estimate of drug-likeness (QED) is 0.779. The summed E-state index contributed by atoms with van der Waals surface area (Å²) >= 11 is 1.18. The summed E-state index contributed by atoms with van der Waals surface area (Å²) in [5.74, 6) is -0.311. The van der Waals surface area contributed by atoms with E-state index in [9.17, 15) is 9.00 Å². The first-order valence-corrected chi connectivity index (χ1v) is 9.16. The molecule has 0 bridgehead atoms. The van der Waals surface area contributed by atoms with E-state index >= 15 is 0 Å². The zero-order valence-corrected chi connectivity index (χ0v) is 13.5. The third kappa shape index (κ3) is 4.28. The van der Waals surface area contributed by atoms with E-state index in [-0.39, 0.29) is 5.75 Å². The number of hydrogen-bond donors (Lipinski definition) is 1. The molecule has 2 heterocycles. The largest absolute Gasteiger partial charge is 0.481 e. The van der Waals surface area contributed by atoms with Crippen LogP contribution in [0.1, 0.15) is 12.0 Å². The molecule has 0 aliphatic carbocycles.